The molecular formula is C18H25NO7. The van der Waals surface area contributed by atoms with Crippen LogP contribution in [-0.4, -0.2) is 45.0 Å². The highest BCUT2D eigenvalue weighted by Gasteiger charge is 2.39. The van der Waals surface area contributed by atoms with Crippen LogP contribution >= 0.6 is 0 Å². The lowest BCUT2D eigenvalue weighted by Gasteiger charge is -2.27. The molecule has 0 aromatic heterocycles. The maximum Gasteiger partial charge on any atom is 0.408 e. The van der Waals surface area contributed by atoms with E-state index in [4.69, 9.17) is 18.9 Å². The first-order valence-electron chi connectivity index (χ1n) is 7.92. The Bertz CT molecular complexity index is 618. The first kappa shape index (κ1) is 21.3. The molecule has 1 atom stereocenters. The van der Waals surface area contributed by atoms with E-state index in [9.17, 15) is 14.4 Å². The second kappa shape index (κ2) is 9.07. The zero-order valence-corrected chi connectivity index (χ0v) is 15.8. The molecule has 1 N–H and O–H groups in total. The predicted octanol–water partition coefficient (Wildman–Crippen LogP) is 2.22. The van der Waals surface area contributed by atoms with Crippen molar-refractivity contribution < 1.29 is 33.3 Å². The number of carbonyl (C=O) groups is 3. The molecule has 1 amide bonds. The van der Waals surface area contributed by atoms with Crippen LogP contribution in [0.2, 0.25) is 0 Å². The van der Waals surface area contributed by atoms with E-state index in [1.54, 1.807) is 45.0 Å². The van der Waals surface area contributed by atoms with Crippen molar-refractivity contribution in [2.75, 3.05) is 21.3 Å². The van der Waals surface area contributed by atoms with E-state index in [-0.39, 0.29) is 0 Å². The summed E-state index contributed by atoms with van der Waals surface area (Å²) in [5.74, 6) is -2.49. The smallest absolute Gasteiger partial charge is 0.408 e. The maximum atomic E-state index is 12.2. The Morgan fingerprint density at radius 2 is 1.42 bits per heavy atom. The maximum absolute atomic E-state index is 12.2. The summed E-state index contributed by atoms with van der Waals surface area (Å²) >= 11 is 0. The Morgan fingerprint density at radius 3 is 1.81 bits per heavy atom. The van der Waals surface area contributed by atoms with Gasteiger partial charge in [0.2, 0.25) is 0 Å². The van der Waals surface area contributed by atoms with Crippen LogP contribution in [-0.2, 0) is 23.8 Å². The van der Waals surface area contributed by atoms with E-state index in [0.717, 1.165) is 14.2 Å². The van der Waals surface area contributed by atoms with E-state index in [1.807, 2.05) is 0 Å². The van der Waals surface area contributed by atoms with E-state index in [1.165, 1.54) is 7.11 Å². The SMILES string of the molecule is COC(=O)C(C(=O)OC)[C@H](NC(=O)OC(C)(C)C)c1ccc(OC)cc1. The van der Waals surface area contributed by atoms with Crippen molar-refractivity contribution in [2.45, 2.75) is 32.4 Å². The number of ether oxygens (including phenoxy) is 4. The molecule has 0 aliphatic heterocycles. The largest absolute Gasteiger partial charge is 0.497 e. The Morgan fingerprint density at radius 1 is 0.923 bits per heavy atom. The van der Waals surface area contributed by atoms with Crippen molar-refractivity contribution in [3.05, 3.63) is 29.8 Å². The van der Waals surface area contributed by atoms with Gasteiger partial charge in [0.15, 0.2) is 5.92 Å². The van der Waals surface area contributed by atoms with Gasteiger partial charge in [-0.1, -0.05) is 12.1 Å². The fourth-order valence-corrected chi connectivity index (χ4v) is 2.23. The summed E-state index contributed by atoms with van der Waals surface area (Å²) in [7, 11) is 3.81. The summed E-state index contributed by atoms with van der Waals surface area (Å²) in [4.78, 5) is 36.6. The minimum atomic E-state index is -1.40. The molecule has 0 saturated carbocycles. The average Bonchev–Trinajstić information content (AvgIpc) is 2.59. The molecule has 0 radical (unpaired) electrons. The zero-order valence-electron chi connectivity index (χ0n) is 15.8. The van der Waals surface area contributed by atoms with Gasteiger partial charge in [0.1, 0.15) is 11.4 Å². The molecule has 0 fully saturated rings. The van der Waals surface area contributed by atoms with Gasteiger partial charge in [-0.15, -0.1) is 0 Å². The van der Waals surface area contributed by atoms with Crippen molar-refractivity contribution in [2.24, 2.45) is 5.92 Å². The molecule has 26 heavy (non-hydrogen) atoms. The number of benzene rings is 1. The van der Waals surface area contributed by atoms with Crippen molar-refractivity contribution in [3.8, 4) is 5.75 Å². The van der Waals surface area contributed by atoms with Crippen LogP contribution in [0.5, 0.6) is 5.75 Å². The normalized spacial score (nSPS) is 12.1. The van der Waals surface area contributed by atoms with Gasteiger partial charge in [0.25, 0.3) is 0 Å². The van der Waals surface area contributed by atoms with Gasteiger partial charge < -0.3 is 24.3 Å². The fourth-order valence-electron chi connectivity index (χ4n) is 2.23. The van der Waals surface area contributed by atoms with E-state index in [0.29, 0.717) is 11.3 Å². The Hall–Kier alpha value is -2.77. The van der Waals surface area contributed by atoms with Crippen LogP contribution in [0.3, 0.4) is 0 Å². The standard InChI is InChI=1S/C18H25NO7/c1-18(2,3)26-17(22)19-14(11-7-9-12(23-4)10-8-11)13(15(20)24-5)16(21)25-6/h7-10,13-14H,1-6H3,(H,19,22)/t14-/m1/s1. The van der Waals surface area contributed by atoms with Crippen molar-refractivity contribution in [1.82, 2.24) is 5.32 Å². The molecule has 8 heteroatoms. The molecule has 0 bridgehead atoms. The summed E-state index contributed by atoms with van der Waals surface area (Å²) < 4.78 is 19.7. The predicted molar refractivity (Wildman–Crippen MR) is 92.6 cm³/mol. The van der Waals surface area contributed by atoms with Gasteiger partial charge in [0.05, 0.1) is 27.4 Å². The highest BCUT2D eigenvalue weighted by atomic mass is 16.6. The first-order valence-corrected chi connectivity index (χ1v) is 7.92. The van der Waals surface area contributed by atoms with Crippen LogP contribution in [0.4, 0.5) is 4.79 Å². The number of methoxy groups -OCH3 is 3. The Kier molecular flexibility index (Phi) is 7.42. The molecule has 8 nitrogen and oxygen atoms in total. The number of rotatable bonds is 6. The summed E-state index contributed by atoms with van der Waals surface area (Å²) in [6.07, 6.45) is -0.781. The number of nitrogens with one attached hydrogen (secondary N) is 1. The molecule has 1 aromatic carbocycles. The molecule has 1 rings (SSSR count). The third kappa shape index (κ3) is 5.94. The number of amides is 1. The van der Waals surface area contributed by atoms with Gasteiger partial charge >= 0.3 is 18.0 Å². The molecule has 0 saturated heterocycles. The van der Waals surface area contributed by atoms with Gasteiger partial charge in [-0.05, 0) is 38.5 Å². The topological polar surface area (TPSA) is 100 Å². The molecule has 0 spiro atoms. The Balaban J connectivity index is 3.27. The second-order valence-corrected chi connectivity index (χ2v) is 6.42. The summed E-state index contributed by atoms with van der Waals surface area (Å²) in [6, 6.07) is 5.49. The van der Waals surface area contributed by atoms with E-state index in [2.05, 4.69) is 5.32 Å². The number of hydrogen-bond acceptors (Lipinski definition) is 7. The lowest BCUT2D eigenvalue weighted by Crippen LogP contribution is -2.43. The highest BCUT2D eigenvalue weighted by Crippen LogP contribution is 2.27. The zero-order chi connectivity index (χ0) is 19.9. The second-order valence-electron chi connectivity index (χ2n) is 6.42. The minimum absolute atomic E-state index is 0.484. The van der Waals surface area contributed by atoms with Crippen molar-refractivity contribution >= 4 is 18.0 Å². The molecule has 0 aliphatic rings. The first-order chi connectivity index (χ1) is 12.1. The molecule has 0 heterocycles. The third-order valence-electron chi connectivity index (χ3n) is 3.39. The molecule has 0 aliphatic carbocycles. The molecule has 144 valence electrons. The van der Waals surface area contributed by atoms with Gasteiger partial charge in [-0.3, -0.25) is 9.59 Å². The number of carbonyl (C=O) groups excluding carboxylic acids is 3. The molecule has 0 unspecified atom stereocenters. The monoisotopic (exact) mass is 367 g/mol. The lowest BCUT2D eigenvalue weighted by molar-refractivity contribution is -0.160. The van der Waals surface area contributed by atoms with E-state index < -0.39 is 35.6 Å². The van der Waals surface area contributed by atoms with Crippen LogP contribution in [0.15, 0.2) is 24.3 Å². The minimum Gasteiger partial charge on any atom is -0.497 e. The van der Waals surface area contributed by atoms with E-state index >= 15 is 0 Å². The quantitative estimate of drug-likeness (QED) is 0.467. The summed E-state index contributed by atoms with van der Waals surface area (Å²) in [5, 5.41) is 2.55. The van der Waals surface area contributed by atoms with Crippen LogP contribution in [0.25, 0.3) is 0 Å². The number of alkyl carbamates (subject to hydrolysis) is 1. The van der Waals surface area contributed by atoms with Crippen LogP contribution in [0, 0.1) is 5.92 Å². The van der Waals surface area contributed by atoms with Crippen molar-refractivity contribution in [1.29, 1.82) is 0 Å². The summed E-state index contributed by atoms with van der Waals surface area (Å²) in [5.41, 5.74) is -0.266. The van der Waals surface area contributed by atoms with Gasteiger partial charge in [-0.2, -0.15) is 0 Å². The average molecular weight is 367 g/mol. The summed E-state index contributed by atoms with van der Waals surface area (Å²) in [6.45, 7) is 5.10. The lowest BCUT2D eigenvalue weighted by atomic mass is 9.93. The third-order valence-corrected chi connectivity index (χ3v) is 3.39. The van der Waals surface area contributed by atoms with Gasteiger partial charge in [-0.25, -0.2) is 4.79 Å². The number of esters is 2. The van der Waals surface area contributed by atoms with Crippen LogP contribution < -0.4 is 10.1 Å². The highest BCUT2D eigenvalue weighted by molar-refractivity contribution is 5.96. The molecular weight excluding hydrogens is 342 g/mol. The van der Waals surface area contributed by atoms with Crippen molar-refractivity contribution in [3.63, 3.8) is 0 Å². The van der Waals surface area contributed by atoms with Gasteiger partial charge in [0, 0.05) is 0 Å². The Labute approximate surface area is 152 Å². The van der Waals surface area contributed by atoms with Crippen LogP contribution in [0.1, 0.15) is 32.4 Å². The fraction of sp³-hybridized carbons (Fsp3) is 0.500. The number of hydrogen-bond donors (Lipinski definition) is 1. The molecule has 1 aromatic rings.